The third-order valence-electron chi connectivity index (χ3n) is 6.06. The Morgan fingerprint density at radius 1 is 1.15 bits per heavy atom. The number of anilines is 1. The zero-order chi connectivity index (χ0) is 24.1. The number of hydrogen-bond donors (Lipinski definition) is 2. The Labute approximate surface area is 203 Å². The van der Waals surface area contributed by atoms with Crippen molar-refractivity contribution in [2.75, 3.05) is 25.0 Å². The van der Waals surface area contributed by atoms with E-state index in [-0.39, 0.29) is 5.91 Å². The summed E-state index contributed by atoms with van der Waals surface area (Å²) in [5, 5.41) is 19.3. The normalized spacial score (nSPS) is 12.8. The highest BCUT2D eigenvalue weighted by atomic mass is 32.2. The summed E-state index contributed by atoms with van der Waals surface area (Å²) in [4.78, 5) is 16.4. The fourth-order valence-corrected chi connectivity index (χ4v) is 4.99. The number of aromatic nitrogens is 3. The van der Waals surface area contributed by atoms with Gasteiger partial charge in [-0.25, -0.2) is 0 Å². The molecule has 0 saturated carbocycles. The molecule has 2 N–H and O–H groups in total. The largest absolute Gasteiger partial charge is 0.372 e. The molecule has 0 spiro atoms. The Balaban J connectivity index is 0.000000180. The molecule has 3 heterocycles. The van der Waals surface area contributed by atoms with Crippen LogP contribution in [0, 0.1) is 18.3 Å². The summed E-state index contributed by atoms with van der Waals surface area (Å²) in [6, 6.07) is 18.0. The Bertz CT molecular complexity index is 1330. The fraction of sp³-hybridized carbons (Fsp3) is 0.269. The molecule has 7 nitrogen and oxygen atoms in total. The van der Waals surface area contributed by atoms with Gasteiger partial charge in [0, 0.05) is 53.7 Å². The van der Waals surface area contributed by atoms with Crippen LogP contribution in [0.2, 0.25) is 0 Å². The van der Waals surface area contributed by atoms with Crippen LogP contribution in [0.1, 0.15) is 34.6 Å². The summed E-state index contributed by atoms with van der Waals surface area (Å²) in [6.45, 7) is 4.34. The number of hydrogen-bond acceptors (Lipinski definition) is 5. The number of rotatable bonds is 4. The lowest BCUT2D eigenvalue weighted by Gasteiger charge is -2.16. The Kier molecular flexibility index (Phi) is 7.24. The molecule has 8 heteroatoms. The van der Waals surface area contributed by atoms with E-state index < -0.39 is 0 Å². The summed E-state index contributed by atoms with van der Waals surface area (Å²) in [5.74, 6) is -0.0715. The van der Waals surface area contributed by atoms with Gasteiger partial charge in [0.2, 0.25) is 0 Å². The van der Waals surface area contributed by atoms with E-state index in [1.165, 1.54) is 18.5 Å². The molecule has 2 aromatic carbocycles. The van der Waals surface area contributed by atoms with Gasteiger partial charge in [0.05, 0.1) is 23.3 Å². The van der Waals surface area contributed by atoms with Crippen LogP contribution in [0.25, 0.3) is 10.9 Å². The van der Waals surface area contributed by atoms with Gasteiger partial charge < -0.3 is 14.8 Å². The summed E-state index contributed by atoms with van der Waals surface area (Å²) in [7, 11) is 3.55. The molecule has 1 saturated heterocycles. The second kappa shape index (κ2) is 10.5. The molecule has 0 unspecified atom stereocenters. The molecular weight excluding hydrogens is 444 g/mol. The maximum absolute atomic E-state index is 11.8. The van der Waals surface area contributed by atoms with Gasteiger partial charge in [0.25, 0.3) is 5.91 Å². The van der Waals surface area contributed by atoms with Gasteiger partial charge in [-0.3, -0.25) is 9.89 Å². The van der Waals surface area contributed by atoms with E-state index in [1.54, 1.807) is 18.8 Å². The second-order valence-corrected chi connectivity index (χ2v) is 9.31. The SMILES string of the molecule is CNC(=O)c1cc(Sc2ccc3[nH]ncc3c2)c(C)n1C.N#Cc1ccc(N2CCCC2)cc1. The average Bonchev–Trinajstić information content (AvgIpc) is 3.62. The number of nitriles is 1. The van der Waals surface area contributed by atoms with Crippen molar-refractivity contribution in [2.45, 2.75) is 29.6 Å². The molecule has 0 aliphatic carbocycles. The number of fused-ring (bicyclic) bond motifs is 1. The molecule has 2 aromatic heterocycles. The lowest BCUT2D eigenvalue weighted by molar-refractivity contribution is 0.0955. The van der Waals surface area contributed by atoms with E-state index in [1.807, 2.05) is 61.1 Å². The van der Waals surface area contributed by atoms with Crippen molar-refractivity contribution >= 4 is 34.3 Å². The standard InChI is InChI=1S/C15H16N4OS.C11H12N2/c1-9-14(7-13(19(9)3)15(20)16-2)21-11-4-5-12-10(6-11)8-17-18-12;12-9-10-3-5-11(6-4-10)13-7-1-2-8-13/h4-8H,1-3H3,(H,16,20)(H,17,18);3-6H,1-2,7-8H2. The Morgan fingerprint density at radius 3 is 2.56 bits per heavy atom. The first-order chi connectivity index (χ1) is 16.5. The molecule has 174 valence electrons. The minimum Gasteiger partial charge on any atom is -0.372 e. The van der Waals surface area contributed by atoms with Crippen LogP contribution < -0.4 is 10.2 Å². The van der Waals surface area contributed by atoms with E-state index in [0.717, 1.165) is 45.0 Å². The quantitative estimate of drug-likeness (QED) is 0.442. The number of amides is 1. The third kappa shape index (κ3) is 5.10. The summed E-state index contributed by atoms with van der Waals surface area (Å²) < 4.78 is 1.91. The number of carbonyl (C=O) groups is 1. The molecule has 0 atom stereocenters. The maximum atomic E-state index is 11.8. The highest BCUT2D eigenvalue weighted by molar-refractivity contribution is 7.99. The monoisotopic (exact) mass is 472 g/mol. The zero-order valence-electron chi connectivity index (χ0n) is 19.6. The molecule has 34 heavy (non-hydrogen) atoms. The van der Waals surface area contributed by atoms with Crippen molar-refractivity contribution < 1.29 is 4.79 Å². The molecule has 1 amide bonds. The van der Waals surface area contributed by atoms with Crippen molar-refractivity contribution in [1.29, 1.82) is 5.26 Å². The van der Waals surface area contributed by atoms with Crippen molar-refractivity contribution in [3.05, 3.63) is 71.7 Å². The van der Waals surface area contributed by atoms with Gasteiger partial charge in [0.1, 0.15) is 5.69 Å². The maximum Gasteiger partial charge on any atom is 0.267 e. The predicted octanol–water partition coefficient (Wildman–Crippen LogP) is 4.88. The van der Waals surface area contributed by atoms with E-state index in [9.17, 15) is 4.79 Å². The van der Waals surface area contributed by atoms with Crippen LogP contribution in [-0.4, -0.2) is 40.8 Å². The molecule has 4 aromatic rings. The van der Waals surface area contributed by atoms with Crippen LogP contribution in [0.4, 0.5) is 5.69 Å². The number of carbonyl (C=O) groups excluding carboxylic acids is 1. The molecule has 1 aliphatic heterocycles. The number of H-pyrrole nitrogens is 1. The van der Waals surface area contributed by atoms with Crippen molar-refractivity contribution in [1.82, 2.24) is 20.1 Å². The van der Waals surface area contributed by atoms with Gasteiger partial charge >= 0.3 is 0 Å². The van der Waals surface area contributed by atoms with Gasteiger partial charge in [-0.2, -0.15) is 10.4 Å². The second-order valence-electron chi connectivity index (χ2n) is 8.19. The predicted molar refractivity (Wildman–Crippen MR) is 136 cm³/mol. The van der Waals surface area contributed by atoms with Gasteiger partial charge in [-0.05, 0) is 68.3 Å². The van der Waals surface area contributed by atoms with Crippen LogP contribution in [-0.2, 0) is 7.05 Å². The van der Waals surface area contributed by atoms with Crippen LogP contribution >= 0.6 is 11.8 Å². The molecule has 1 fully saturated rings. The van der Waals surface area contributed by atoms with E-state index in [0.29, 0.717) is 5.69 Å². The smallest absolute Gasteiger partial charge is 0.267 e. The zero-order valence-corrected chi connectivity index (χ0v) is 20.4. The molecular formula is C26H28N6OS. The molecule has 5 rings (SSSR count). The highest BCUT2D eigenvalue weighted by Gasteiger charge is 2.15. The van der Waals surface area contributed by atoms with Gasteiger partial charge in [0.15, 0.2) is 0 Å². The summed E-state index contributed by atoms with van der Waals surface area (Å²) in [5.41, 5.74) is 4.75. The number of nitrogens with zero attached hydrogens (tertiary/aromatic N) is 4. The van der Waals surface area contributed by atoms with Gasteiger partial charge in [-0.15, -0.1) is 0 Å². The van der Waals surface area contributed by atoms with Crippen LogP contribution in [0.3, 0.4) is 0 Å². The first kappa shape index (κ1) is 23.5. The summed E-state index contributed by atoms with van der Waals surface area (Å²) >= 11 is 1.65. The number of aromatic amines is 1. The third-order valence-corrected chi connectivity index (χ3v) is 7.18. The minimum atomic E-state index is -0.0715. The first-order valence-corrected chi connectivity index (χ1v) is 12.1. The van der Waals surface area contributed by atoms with Crippen LogP contribution in [0.5, 0.6) is 0 Å². The number of benzene rings is 2. The lowest BCUT2D eigenvalue weighted by Crippen LogP contribution is -2.20. The lowest BCUT2D eigenvalue weighted by atomic mass is 10.2. The van der Waals surface area contributed by atoms with Gasteiger partial charge in [-0.1, -0.05) is 11.8 Å². The van der Waals surface area contributed by atoms with Crippen molar-refractivity contribution in [3.8, 4) is 6.07 Å². The van der Waals surface area contributed by atoms with E-state index >= 15 is 0 Å². The van der Waals surface area contributed by atoms with E-state index in [2.05, 4.69) is 38.6 Å². The van der Waals surface area contributed by atoms with Crippen molar-refractivity contribution in [3.63, 3.8) is 0 Å². The molecule has 1 aliphatic rings. The summed E-state index contributed by atoms with van der Waals surface area (Å²) in [6.07, 6.45) is 4.40. The minimum absolute atomic E-state index is 0.0715. The van der Waals surface area contributed by atoms with Crippen LogP contribution in [0.15, 0.2) is 64.5 Å². The highest BCUT2D eigenvalue weighted by Crippen LogP contribution is 2.33. The Hall–Kier alpha value is -3.70. The first-order valence-electron chi connectivity index (χ1n) is 11.2. The average molecular weight is 473 g/mol. The topological polar surface area (TPSA) is 89.7 Å². The molecule has 0 bridgehead atoms. The van der Waals surface area contributed by atoms with Crippen molar-refractivity contribution in [2.24, 2.45) is 7.05 Å². The van der Waals surface area contributed by atoms with E-state index in [4.69, 9.17) is 5.26 Å². The fourth-order valence-electron chi connectivity index (χ4n) is 3.95. The number of nitrogens with one attached hydrogen (secondary N) is 2. The Morgan fingerprint density at radius 2 is 1.88 bits per heavy atom. The molecule has 0 radical (unpaired) electrons.